The summed E-state index contributed by atoms with van der Waals surface area (Å²) in [7, 11) is 1.77. The molecule has 1 atom stereocenters. The van der Waals surface area contributed by atoms with E-state index < -0.39 is 6.10 Å². The minimum Gasteiger partial charge on any atom is -0.449 e. The van der Waals surface area contributed by atoms with Gasteiger partial charge in [0.15, 0.2) is 6.10 Å². The lowest BCUT2D eigenvalue weighted by atomic mass is 10.1. The fourth-order valence-corrected chi connectivity index (χ4v) is 2.80. The van der Waals surface area contributed by atoms with Crippen molar-refractivity contribution in [1.82, 2.24) is 19.1 Å². The van der Waals surface area contributed by atoms with Gasteiger partial charge in [-0.1, -0.05) is 30.3 Å². The lowest BCUT2D eigenvalue weighted by Gasteiger charge is -2.18. The normalized spacial score (nSPS) is 12.1. The van der Waals surface area contributed by atoms with Crippen LogP contribution < -0.4 is 0 Å². The Balaban J connectivity index is 1.79. The van der Waals surface area contributed by atoms with Crippen LogP contribution >= 0.6 is 0 Å². The Morgan fingerprint density at radius 2 is 2.08 bits per heavy atom. The molecule has 25 heavy (non-hydrogen) atoms. The molecule has 0 fully saturated rings. The van der Waals surface area contributed by atoms with Gasteiger partial charge in [0.1, 0.15) is 11.5 Å². The molecule has 130 valence electrons. The first-order valence-electron chi connectivity index (χ1n) is 8.41. The van der Waals surface area contributed by atoms with Crippen LogP contribution in [0, 0.1) is 0 Å². The summed E-state index contributed by atoms with van der Waals surface area (Å²) in [6, 6.07) is 10.2. The molecule has 0 saturated heterocycles. The lowest BCUT2D eigenvalue weighted by Crippen LogP contribution is -2.18. The molecular weight excluding hydrogens is 316 g/mol. The van der Waals surface area contributed by atoms with Crippen LogP contribution in [-0.2, 0) is 24.8 Å². The number of hydrogen-bond donors (Lipinski definition) is 0. The molecule has 0 N–H and O–H groups in total. The molecule has 2 heterocycles. The maximum atomic E-state index is 12.5. The Kier molecular flexibility index (Phi) is 5.28. The molecule has 0 aliphatic heterocycles. The van der Waals surface area contributed by atoms with Crippen molar-refractivity contribution in [3.8, 4) is 0 Å². The zero-order valence-corrected chi connectivity index (χ0v) is 14.5. The van der Waals surface area contributed by atoms with Crippen LogP contribution in [0.15, 0.2) is 55.2 Å². The number of hydrogen-bond acceptors (Lipinski definition) is 4. The van der Waals surface area contributed by atoms with E-state index in [9.17, 15) is 4.79 Å². The number of carbonyl (C=O) groups is 1. The molecule has 0 amide bonds. The molecule has 2 aromatic heterocycles. The van der Waals surface area contributed by atoms with E-state index in [4.69, 9.17) is 4.74 Å². The summed E-state index contributed by atoms with van der Waals surface area (Å²) < 4.78 is 9.46. The van der Waals surface area contributed by atoms with Crippen LogP contribution in [0.2, 0.25) is 0 Å². The molecule has 1 unspecified atom stereocenters. The fraction of sp³-hybridized carbons (Fsp3) is 0.316. The van der Waals surface area contributed by atoms with Crippen molar-refractivity contribution < 1.29 is 9.53 Å². The van der Waals surface area contributed by atoms with Gasteiger partial charge >= 0.3 is 5.97 Å². The van der Waals surface area contributed by atoms with Gasteiger partial charge < -0.3 is 13.9 Å². The minimum atomic E-state index is -0.405. The van der Waals surface area contributed by atoms with Gasteiger partial charge in [-0.3, -0.25) is 0 Å². The predicted molar refractivity (Wildman–Crippen MR) is 94.0 cm³/mol. The van der Waals surface area contributed by atoms with Crippen molar-refractivity contribution in [3.63, 3.8) is 0 Å². The average Bonchev–Trinajstić information content (AvgIpc) is 3.27. The molecular formula is C19H22N4O2. The van der Waals surface area contributed by atoms with Crippen molar-refractivity contribution >= 4 is 5.97 Å². The molecule has 0 aliphatic carbocycles. The van der Waals surface area contributed by atoms with Gasteiger partial charge in [-0.15, -0.1) is 0 Å². The van der Waals surface area contributed by atoms with Crippen LogP contribution in [-0.4, -0.2) is 25.1 Å². The van der Waals surface area contributed by atoms with E-state index in [1.165, 1.54) is 11.8 Å². The van der Waals surface area contributed by atoms with Crippen LogP contribution in [0.3, 0.4) is 0 Å². The first-order valence-corrected chi connectivity index (χ1v) is 8.41. The summed E-state index contributed by atoms with van der Waals surface area (Å²) in [6.07, 6.45) is 7.82. The van der Waals surface area contributed by atoms with E-state index in [-0.39, 0.29) is 5.97 Å². The number of esters is 1. The summed E-state index contributed by atoms with van der Waals surface area (Å²) in [5.41, 5.74) is 1.64. The predicted octanol–water partition coefficient (Wildman–Crippen LogP) is 3.17. The fourth-order valence-electron chi connectivity index (χ4n) is 2.80. The highest BCUT2D eigenvalue weighted by molar-refractivity contribution is 5.87. The van der Waals surface area contributed by atoms with E-state index in [1.54, 1.807) is 24.1 Å². The molecule has 0 saturated carbocycles. The zero-order chi connectivity index (χ0) is 17.6. The summed E-state index contributed by atoms with van der Waals surface area (Å²) in [5, 5.41) is 0. The van der Waals surface area contributed by atoms with E-state index in [0.717, 1.165) is 18.8 Å². The third-order valence-electron chi connectivity index (χ3n) is 4.19. The summed E-state index contributed by atoms with van der Waals surface area (Å²) in [4.78, 5) is 20.9. The van der Waals surface area contributed by atoms with Gasteiger partial charge in [-0.2, -0.15) is 0 Å². The smallest absolute Gasteiger partial charge is 0.357 e. The Bertz CT molecular complexity index is 823. The molecule has 0 spiro atoms. The molecule has 0 radical (unpaired) electrons. The number of aromatic nitrogens is 4. The lowest BCUT2D eigenvalue weighted by molar-refractivity contribution is 0.0236. The number of nitrogens with zero attached hydrogens (tertiary/aromatic N) is 4. The number of rotatable bonds is 7. The quantitative estimate of drug-likeness (QED) is 0.621. The second-order valence-electron chi connectivity index (χ2n) is 5.88. The van der Waals surface area contributed by atoms with Crippen LogP contribution in [0.1, 0.15) is 41.3 Å². The van der Waals surface area contributed by atoms with Gasteiger partial charge in [0.2, 0.25) is 0 Å². The van der Waals surface area contributed by atoms with Gasteiger partial charge in [-0.25, -0.2) is 14.8 Å². The minimum absolute atomic E-state index is 0.385. The highest BCUT2D eigenvalue weighted by Gasteiger charge is 2.23. The Labute approximate surface area is 147 Å². The third kappa shape index (κ3) is 3.96. The van der Waals surface area contributed by atoms with Crippen molar-refractivity contribution in [3.05, 3.63) is 72.3 Å². The number of carbonyl (C=O) groups excluding carboxylic acids is 1. The molecule has 6 heteroatoms. The molecule has 0 aliphatic rings. The van der Waals surface area contributed by atoms with Gasteiger partial charge in [-0.05, 0) is 25.3 Å². The van der Waals surface area contributed by atoms with Crippen molar-refractivity contribution in [1.29, 1.82) is 0 Å². The first-order chi connectivity index (χ1) is 12.2. The second kappa shape index (κ2) is 7.79. The average molecular weight is 338 g/mol. The number of imidazole rings is 2. The Morgan fingerprint density at radius 3 is 2.76 bits per heavy atom. The highest BCUT2D eigenvalue weighted by atomic mass is 16.5. The Hall–Kier alpha value is -2.89. The monoisotopic (exact) mass is 338 g/mol. The van der Waals surface area contributed by atoms with Gasteiger partial charge in [0.25, 0.3) is 0 Å². The molecule has 3 aromatic rings. The van der Waals surface area contributed by atoms with Crippen LogP contribution in [0.4, 0.5) is 0 Å². The van der Waals surface area contributed by atoms with E-state index >= 15 is 0 Å². The van der Waals surface area contributed by atoms with Crippen molar-refractivity contribution in [2.24, 2.45) is 7.05 Å². The van der Waals surface area contributed by atoms with E-state index in [1.807, 2.05) is 35.9 Å². The van der Waals surface area contributed by atoms with E-state index in [2.05, 4.69) is 22.1 Å². The zero-order valence-electron chi connectivity index (χ0n) is 14.5. The first kappa shape index (κ1) is 17.0. The highest BCUT2D eigenvalue weighted by Crippen LogP contribution is 2.23. The van der Waals surface area contributed by atoms with Crippen LogP contribution in [0.25, 0.3) is 0 Å². The standard InChI is InChI=1S/C19H22N4O2/c1-3-23-12-11-21-18(23)17(10-9-15-7-5-4-6-8-15)25-19(24)16-13-20-14-22(16)2/h4-8,11-14,17H,3,9-10H2,1-2H3. The number of aryl methyl sites for hydroxylation is 3. The molecule has 0 bridgehead atoms. The third-order valence-corrected chi connectivity index (χ3v) is 4.19. The van der Waals surface area contributed by atoms with Crippen LogP contribution in [0.5, 0.6) is 0 Å². The molecule has 6 nitrogen and oxygen atoms in total. The Morgan fingerprint density at radius 1 is 1.28 bits per heavy atom. The summed E-state index contributed by atoms with van der Waals surface area (Å²) in [6.45, 7) is 2.82. The number of benzene rings is 1. The topological polar surface area (TPSA) is 61.9 Å². The largest absolute Gasteiger partial charge is 0.449 e. The molecule has 3 rings (SSSR count). The van der Waals surface area contributed by atoms with Gasteiger partial charge in [0.05, 0.1) is 12.5 Å². The molecule has 1 aromatic carbocycles. The summed E-state index contributed by atoms with van der Waals surface area (Å²) >= 11 is 0. The van der Waals surface area contributed by atoms with Crippen molar-refractivity contribution in [2.45, 2.75) is 32.4 Å². The maximum absolute atomic E-state index is 12.5. The van der Waals surface area contributed by atoms with E-state index in [0.29, 0.717) is 12.1 Å². The summed E-state index contributed by atoms with van der Waals surface area (Å²) in [5.74, 6) is 0.387. The number of ether oxygens (including phenoxy) is 1. The SMILES string of the molecule is CCn1ccnc1C(CCc1ccccc1)OC(=O)c1cncn1C. The van der Waals surface area contributed by atoms with Gasteiger partial charge in [0, 0.05) is 26.0 Å². The second-order valence-corrected chi connectivity index (χ2v) is 5.88. The maximum Gasteiger partial charge on any atom is 0.357 e. The van der Waals surface area contributed by atoms with Crippen molar-refractivity contribution in [2.75, 3.05) is 0 Å².